The molecular weight excluding hydrogens is 513 g/mol. The molecule has 1 fully saturated rings. The van der Waals surface area contributed by atoms with Gasteiger partial charge >= 0.3 is 0 Å². The number of rotatable bonds is 6. The minimum atomic E-state index is -0.302. The van der Waals surface area contributed by atoms with Crippen molar-refractivity contribution in [2.75, 3.05) is 7.11 Å². The molecule has 0 bridgehead atoms. The molecule has 5 nitrogen and oxygen atoms in total. The van der Waals surface area contributed by atoms with Crippen molar-refractivity contribution in [3.63, 3.8) is 0 Å². The number of hydrogen-bond donors (Lipinski definition) is 0. The van der Waals surface area contributed by atoms with Gasteiger partial charge < -0.3 is 9.47 Å². The molecule has 0 saturated carbocycles. The number of carbonyl (C=O) groups excluding carboxylic acids is 2. The molecule has 1 heterocycles. The third-order valence-corrected chi connectivity index (χ3v) is 6.47. The molecular formula is C21H18BrCl2NO4S. The maximum atomic E-state index is 12.5. The highest BCUT2D eigenvalue weighted by Crippen LogP contribution is 2.39. The predicted octanol–water partition coefficient (Wildman–Crippen LogP) is 6.79. The lowest BCUT2D eigenvalue weighted by molar-refractivity contribution is -0.123. The number of carbonyl (C=O) groups is 2. The van der Waals surface area contributed by atoms with Crippen molar-refractivity contribution in [1.82, 2.24) is 4.90 Å². The van der Waals surface area contributed by atoms with Crippen LogP contribution in [0.5, 0.6) is 11.5 Å². The molecule has 0 spiro atoms. The zero-order valence-corrected chi connectivity index (χ0v) is 20.3. The van der Waals surface area contributed by atoms with Crippen molar-refractivity contribution in [3.05, 3.63) is 60.9 Å². The van der Waals surface area contributed by atoms with Crippen molar-refractivity contribution in [2.24, 2.45) is 0 Å². The molecule has 0 radical (unpaired) electrons. The minimum absolute atomic E-state index is 0.197. The van der Waals surface area contributed by atoms with Crippen molar-refractivity contribution < 1.29 is 19.1 Å². The quantitative estimate of drug-likeness (QED) is 0.385. The van der Waals surface area contributed by atoms with Crippen LogP contribution in [0.4, 0.5) is 4.79 Å². The molecule has 0 aliphatic carbocycles. The van der Waals surface area contributed by atoms with E-state index in [9.17, 15) is 9.59 Å². The summed E-state index contributed by atoms with van der Waals surface area (Å²) in [5.74, 6) is 0.684. The van der Waals surface area contributed by atoms with E-state index in [2.05, 4.69) is 15.9 Å². The van der Waals surface area contributed by atoms with Crippen LogP contribution in [0.3, 0.4) is 0 Å². The maximum absolute atomic E-state index is 12.5. The summed E-state index contributed by atoms with van der Waals surface area (Å²) in [7, 11) is 1.53. The maximum Gasteiger partial charge on any atom is 0.293 e. The first-order valence-corrected chi connectivity index (χ1v) is 11.3. The standard InChI is InChI=1S/C21H18BrCl2NO4S/c1-11(2)25-20(26)19(30-21(25)27)7-13-6-17(28-3)18(9-15(13)22)29-10-12-4-5-14(23)8-16(12)24/h4-9,11H,10H2,1-3H3/b19-7+. The molecule has 0 unspecified atom stereocenters. The Bertz CT molecular complexity index is 1040. The van der Waals surface area contributed by atoms with Crippen LogP contribution in [0, 0.1) is 0 Å². The van der Waals surface area contributed by atoms with E-state index in [1.807, 2.05) is 0 Å². The van der Waals surface area contributed by atoms with Gasteiger partial charge in [-0.05, 0) is 61.5 Å². The van der Waals surface area contributed by atoms with Crippen LogP contribution >= 0.6 is 50.9 Å². The number of methoxy groups -OCH3 is 1. The summed E-state index contributed by atoms with van der Waals surface area (Å²) in [6.07, 6.45) is 1.67. The lowest BCUT2D eigenvalue weighted by Gasteiger charge is -2.16. The van der Waals surface area contributed by atoms with Gasteiger partial charge in [0.1, 0.15) is 6.61 Å². The zero-order chi connectivity index (χ0) is 22.0. The Balaban J connectivity index is 1.85. The van der Waals surface area contributed by atoms with E-state index in [-0.39, 0.29) is 23.8 Å². The molecule has 0 aromatic heterocycles. The van der Waals surface area contributed by atoms with Gasteiger partial charge in [0.05, 0.1) is 12.0 Å². The summed E-state index contributed by atoms with van der Waals surface area (Å²) < 4.78 is 12.0. The van der Waals surface area contributed by atoms with Crippen LogP contribution in [0.1, 0.15) is 25.0 Å². The summed E-state index contributed by atoms with van der Waals surface area (Å²) >= 11 is 16.6. The van der Waals surface area contributed by atoms with E-state index in [1.54, 1.807) is 50.3 Å². The summed E-state index contributed by atoms with van der Waals surface area (Å²) in [6, 6.07) is 8.49. The Hall–Kier alpha value is -1.67. The highest BCUT2D eigenvalue weighted by atomic mass is 79.9. The van der Waals surface area contributed by atoms with Gasteiger partial charge in [-0.15, -0.1) is 0 Å². The Morgan fingerprint density at radius 1 is 1.17 bits per heavy atom. The normalized spacial score (nSPS) is 15.4. The van der Waals surface area contributed by atoms with Crippen molar-refractivity contribution in [1.29, 1.82) is 0 Å². The monoisotopic (exact) mass is 529 g/mol. The van der Waals surface area contributed by atoms with Crippen LogP contribution in [-0.2, 0) is 11.4 Å². The van der Waals surface area contributed by atoms with Crippen molar-refractivity contribution >= 4 is 68.1 Å². The summed E-state index contributed by atoms with van der Waals surface area (Å²) in [5.41, 5.74) is 1.48. The molecule has 0 atom stereocenters. The zero-order valence-electron chi connectivity index (χ0n) is 16.4. The highest BCUT2D eigenvalue weighted by molar-refractivity contribution is 9.10. The molecule has 2 amide bonds. The van der Waals surface area contributed by atoms with Gasteiger partial charge in [0.15, 0.2) is 11.5 Å². The molecule has 3 rings (SSSR count). The number of ether oxygens (including phenoxy) is 2. The number of amides is 2. The van der Waals surface area contributed by atoms with E-state index < -0.39 is 0 Å². The second-order valence-electron chi connectivity index (χ2n) is 6.69. The molecule has 1 aliphatic heterocycles. The Morgan fingerprint density at radius 3 is 2.50 bits per heavy atom. The third kappa shape index (κ3) is 4.97. The van der Waals surface area contributed by atoms with Crippen LogP contribution < -0.4 is 9.47 Å². The smallest absolute Gasteiger partial charge is 0.293 e. The minimum Gasteiger partial charge on any atom is -0.493 e. The topological polar surface area (TPSA) is 55.8 Å². The fraction of sp³-hybridized carbons (Fsp3) is 0.238. The number of benzene rings is 2. The van der Waals surface area contributed by atoms with E-state index in [4.69, 9.17) is 32.7 Å². The SMILES string of the molecule is COc1cc(/C=C2/SC(=O)N(C(C)C)C2=O)c(Br)cc1OCc1ccc(Cl)cc1Cl. The van der Waals surface area contributed by atoms with E-state index >= 15 is 0 Å². The van der Waals surface area contributed by atoms with Crippen LogP contribution in [-0.4, -0.2) is 29.2 Å². The lowest BCUT2D eigenvalue weighted by atomic mass is 10.1. The van der Waals surface area contributed by atoms with Crippen LogP contribution in [0.2, 0.25) is 10.0 Å². The first kappa shape index (κ1) is 23.0. The van der Waals surface area contributed by atoms with Crippen LogP contribution in [0.25, 0.3) is 6.08 Å². The second-order valence-corrected chi connectivity index (χ2v) is 9.39. The van der Waals surface area contributed by atoms with E-state index in [0.29, 0.717) is 36.5 Å². The number of thioether (sulfide) groups is 1. The molecule has 1 aliphatic rings. The number of halogens is 3. The van der Waals surface area contributed by atoms with Crippen molar-refractivity contribution in [3.8, 4) is 11.5 Å². The van der Waals surface area contributed by atoms with E-state index in [1.165, 1.54) is 12.0 Å². The third-order valence-electron chi connectivity index (χ3n) is 4.31. The largest absolute Gasteiger partial charge is 0.493 e. The Morgan fingerprint density at radius 2 is 1.90 bits per heavy atom. The second kappa shape index (κ2) is 9.64. The number of imide groups is 1. The van der Waals surface area contributed by atoms with Gasteiger partial charge in [0, 0.05) is 26.1 Å². The van der Waals surface area contributed by atoms with Gasteiger partial charge in [0.25, 0.3) is 11.1 Å². The Kier molecular flexibility index (Phi) is 7.39. The van der Waals surface area contributed by atoms with Gasteiger partial charge in [0.2, 0.25) is 0 Å². The fourth-order valence-electron chi connectivity index (χ4n) is 2.79. The average molecular weight is 531 g/mol. The lowest BCUT2D eigenvalue weighted by Crippen LogP contribution is -2.34. The molecule has 2 aromatic carbocycles. The van der Waals surface area contributed by atoms with E-state index in [0.717, 1.165) is 17.3 Å². The van der Waals surface area contributed by atoms with Crippen molar-refractivity contribution in [2.45, 2.75) is 26.5 Å². The first-order valence-electron chi connectivity index (χ1n) is 8.92. The van der Waals surface area contributed by atoms with Gasteiger partial charge in [-0.25, -0.2) is 0 Å². The molecule has 1 saturated heterocycles. The number of hydrogen-bond acceptors (Lipinski definition) is 5. The molecule has 0 N–H and O–H groups in total. The fourth-order valence-corrected chi connectivity index (χ4v) is 4.65. The Labute approximate surface area is 197 Å². The molecule has 30 heavy (non-hydrogen) atoms. The summed E-state index contributed by atoms with van der Waals surface area (Å²) in [6.45, 7) is 3.83. The predicted molar refractivity (Wildman–Crippen MR) is 124 cm³/mol. The molecule has 158 valence electrons. The molecule has 2 aromatic rings. The number of nitrogens with zero attached hydrogens (tertiary/aromatic N) is 1. The van der Waals surface area contributed by atoms with Crippen LogP contribution in [0.15, 0.2) is 39.7 Å². The van der Waals surface area contributed by atoms with Gasteiger partial charge in [-0.1, -0.05) is 45.2 Å². The summed E-state index contributed by atoms with van der Waals surface area (Å²) in [5, 5.41) is 0.789. The first-order chi connectivity index (χ1) is 14.2. The average Bonchev–Trinajstić information content (AvgIpc) is 2.96. The molecule has 9 heteroatoms. The van der Waals surface area contributed by atoms with Gasteiger partial charge in [-0.2, -0.15) is 0 Å². The summed E-state index contributed by atoms with van der Waals surface area (Å²) in [4.78, 5) is 26.2. The van der Waals surface area contributed by atoms with Gasteiger partial charge in [-0.3, -0.25) is 14.5 Å². The highest BCUT2D eigenvalue weighted by Gasteiger charge is 2.36.